The van der Waals surface area contributed by atoms with E-state index in [1.165, 1.54) is 5.56 Å². The second kappa shape index (κ2) is 8.25. The van der Waals surface area contributed by atoms with Crippen LogP contribution in [0.1, 0.15) is 30.9 Å². The van der Waals surface area contributed by atoms with E-state index in [2.05, 4.69) is 33.5 Å². The number of hydrogen-bond donors (Lipinski definition) is 1. The molecule has 1 atom stereocenters. The largest absolute Gasteiger partial charge is 0.496 e. The predicted octanol–water partition coefficient (Wildman–Crippen LogP) is 3.80. The number of methoxy groups -OCH3 is 1. The third kappa shape index (κ3) is 3.63. The van der Waals surface area contributed by atoms with Gasteiger partial charge in [-0.2, -0.15) is 0 Å². The average Bonchev–Trinajstić information content (AvgIpc) is 3.23. The summed E-state index contributed by atoms with van der Waals surface area (Å²) in [7, 11) is 1.69. The van der Waals surface area contributed by atoms with E-state index in [9.17, 15) is 4.79 Å². The highest BCUT2D eigenvalue weighted by molar-refractivity contribution is 5.92. The Hall–Kier alpha value is -3.15. The van der Waals surface area contributed by atoms with E-state index in [0.717, 1.165) is 35.9 Å². The van der Waals surface area contributed by atoms with Gasteiger partial charge in [0, 0.05) is 37.3 Å². The molecule has 1 aliphatic heterocycles. The summed E-state index contributed by atoms with van der Waals surface area (Å²) in [5, 5.41) is 5.35. The van der Waals surface area contributed by atoms with Crippen LogP contribution in [0.25, 0.3) is 10.8 Å². The van der Waals surface area contributed by atoms with Crippen LogP contribution in [-0.4, -0.2) is 41.0 Å². The number of nitrogens with zero attached hydrogens (tertiary/aromatic N) is 3. The predicted molar refractivity (Wildman–Crippen MR) is 109 cm³/mol. The zero-order valence-electron chi connectivity index (χ0n) is 16.0. The number of carbonyl (C=O) groups excluding carboxylic acids is 1. The lowest BCUT2D eigenvalue weighted by atomic mass is 9.96. The zero-order chi connectivity index (χ0) is 19.3. The number of aromatic nitrogens is 2. The molecule has 0 unspecified atom stereocenters. The van der Waals surface area contributed by atoms with E-state index >= 15 is 0 Å². The van der Waals surface area contributed by atoms with Crippen molar-refractivity contribution in [1.82, 2.24) is 14.9 Å². The van der Waals surface area contributed by atoms with Crippen molar-refractivity contribution in [2.75, 3.05) is 25.5 Å². The normalized spacial score (nSPS) is 16.3. The number of rotatable bonds is 6. The monoisotopic (exact) mass is 376 g/mol. The van der Waals surface area contributed by atoms with Crippen LogP contribution in [-0.2, 0) is 4.79 Å². The molecular formula is C22H24N4O2. The minimum absolute atomic E-state index is 0.108. The standard InChI is InChI=1S/C22H24N4O2/c1-28-20-10-9-17(16-6-2-3-7-18(16)20)19-8-4-15-26(19)21(27)11-14-25-22-23-12-5-13-24-22/h2-3,5-7,9-10,12-13,19H,4,8,11,14-15H2,1H3,(H,23,24,25)/t19-/m1/s1. The Kier molecular flexibility index (Phi) is 5.37. The van der Waals surface area contributed by atoms with Crippen molar-refractivity contribution in [2.45, 2.75) is 25.3 Å². The topological polar surface area (TPSA) is 67.3 Å². The molecule has 3 aromatic rings. The van der Waals surface area contributed by atoms with Gasteiger partial charge in [0.15, 0.2) is 0 Å². The molecule has 0 saturated carbocycles. The van der Waals surface area contributed by atoms with Crippen LogP contribution in [0.4, 0.5) is 5.95 Å². The Morgan fingerprint density at radius 2 is 1.93 bits per heavy atom. The molecule has 1 N–H and O–H groups in total. The van der Waals surface area contributed by atoms with Crippen molar-refractivity contribution in [3.05, 3.63) is 60.4 Å². The van der Waals surface area contributed by atoms with Crippen LogP contribution in [0, 0.1) is 0 Å². The first-order valence-electron chi connectivity index (χ1n) is 9.64. The summed E-state index contributed by atoms with van der Waals surface area (Å²) in [5.41, 5.74) is 1.20. The second-order valence-corrected chi connectivity index (χ2v) is 6.90. The average molecular weight is 376 g/mol. The van der Waals surface area contributed by atoms with Gasteiger partial charge in [-0.3, -0.25) is 4.79 Å². The van der Waals surface area contributed by atoms with E-state index in [-0.39, 0.29) is 11.9 Å². The van der Waals surface area contributed by atoms with Crippen molar-refractivity contribution in [3.8, 4) is 5.75 Å². The van der Waals surface area contributed by atoms with Gasteiger partial charge in [0.1, 0.15) is 5.75 Å². The lowest BCUT2D eigenvalue weighted by Crippen LogP contribution is -2.32. The fourth-order valence-corrected chi connectivity index (χ4v) is 3.97. The SMILES string of the molecule is COc1ccc([C@H]2CCCN2C(=O)CCNc2ncccn2)c2ccccc12. The molecule has 2 heterocycles. The fraction of sp³-hybridized carbons (Fsp3) is 0.318. The molecule has 0 spiro atoms. The third-order valence-corrected chi connectivity index (χ3v) is 5.26. The molecule has 0 aliphatic carbocycles. The van der Waals surface area contributed by atoms with E-state index in [4.69, 9.17) is 4.74 Å². The minimum Gasteiger partial charge on any atom is -0.496 e. The Balaban J connectivity index is 1.51. The van der Waals surface area contributed by atoms with Crippen LogP contribution < -0.4 is 10.1 Å². The summed E-state index contributed by atoms with van der Waals surface area (Å²) in [4.78, 5) is 23.2. The Bertz CT molecular complexity index is 961. The number of ether oxygens (including phenoxy) is 1. The van der Waals surface area contributed by atoms with Gasteiger partial charge in [0.25, 0.3) is 0 Å². The van der Waals surface area contributed by atoms with Crippen LogP contribution in [0.15, 0.2) is 54.9 Å². The van der Waals surface area contributed by atoms with Gasteiger partial charge in [0.2, 0.25) is 11.9 Å². The number of amides is 1. The maximum absolute atomic E-state index is 12.9. The van der Waals surface area contributed by atoms with Crippen molar-refractivity contribution < 1.29 is 9.53 Å². The zero-order valence-corrected chi connectivity index (χ0v) is 16.0. The van der Waals surface area contributed by atoms with E-state index < -0.39 is 0 Å². The van der Waals surface area contributed by atoms with Crippen LogP contribution >= 0.6 is 0 Å². The first-order valence-corrected chi connectivity index (χ1v) is 9.64. The number of carbonyl (C=O) groups is 1. The summed E-state index contributed by atoms with van der Waals surface area (Å²) in [6.45, 7) is 1.32. The van der Waals surface area contributed by atoms with Crippen LogP contribution in [0.2, 0.25) is 0 Å². The Morgan fingerprint density at radius 3 is 2.71 bits per heavy atom. The lowest BCUT2D eigenvalue weighted by Gasteiger charge is -2.26. The summed E-state index contributed by atoms with van der Waals surface area (Å²) >= 11 is 0. The van der Waals surface area contributed by atoms with Crippen molar-refractivity contribution in [1.29, 1.82) is 0 Å². The maximum atomic E-state index is 12.9. The molecule has 0 bridgehead atoms. The second-order valence-electron chi connectivity index (χ2n) is 6.90. The quantitative estimate of drug-likeness (QED) is 0.709. The number of benzene rings is 2. The third-order valence-electron chi connectivity index (χ3n) is 5.26. The maximum Gasteiger partial charge on any atom is 0.224 e. The molecule has 1 fully saturated rings. The van der Waals surface area contributed by atoms with Gasteiger partial charge >= 0.3 is 0 Å². The highest BCUT2D eigenvalue weighted by Gasteiger charge is 2.30. The van der Waals surface area contributed by atoms with Crippen LogP contribution in [0.3, 0.4) is 0 Å². The van der Waals surface area contributed by atoms with Gasteiger partial charge in [-0.1, -0.05) is 30.3 Å². The van der Waals surface area contributed by atoms with E-state index in [0.29, 0.717) is 18.9 Å². The molecule has 6 heteroatoms. The fourth-order valence-electron chi connectivity index (χ4n) is 3.97. The van der Waals surface area contributed by atoms with E-state index in [1.807, 2.05) is 23.1 Å². The summed E-state index contributed by atoms with van der Waals surface area (Å²) in [5.74, 6) is 1.57. The Morgan fingerprint density at radius 1 is 1.14 bits per heavy atom. The molecule has 6 nitrogen and oxygen atoms in total. The molecule has 144 valence electrons. The van der Waals surface area contributed by atoms with Crippen molar-refractivity contribution >= 4 is 22.6 Å². The molecule has 0 radical (unpaired) electrons. The molecule has 28 heavy (non-hydrogen) atoms. The molecule has 1 aromatic heterocycles. The van der Waals surface area contributed by atoms with Gasteiger partial charge in [-0.15, -0.1) is 0 Å². The molecule has 2 aromatic carbocycles. The highest BCUT2D eigenvalue weighted by Crippen LogP contribution is 2.38. The summed E-state index contributed by atoms with van der Waals surface area (Å²) in [6, 6.07) is 14.2. The summed E-state index contributed by atoms with van der Waals surface area (Å²) < 4.78 is 5.51. The van der Waals surface area contributed by atoms with Gasteiger partial charge in [0.05, 0.1) is 13.2 Å². The summed E-state index contributed by atoms with van der Waals surface area (Å²) in [6.07, 6.45) is 5.79. The minimum atomic E-state index is 0.108. The molecular weight excluding hydrogens is 352 g/mol. The molecule has 1 saturated heterocycles. The van der Waals surface area contributed by atoms with Gasteiger partial charge < -0.3 is 15.0 Å². The lowest BCUT2D eigenvalue weighted by molar-refractivity contribution is -0.131. The number of anilines is 1. The van der Waals surface area contributed by atoms with Crippen molar-refractivity contribution in [2.24, 2.45) is 0 Å². The smallest absolute Gasteiger partial charge is 0.224 e. The number of hydrogen-bond acceptors (Lipinski definition) is 5. The molecule has 4 rings (SSSR count). The number of likely N-dealkylation sites (tertiary alicyclic amines) is 1. The number of fused-ring (bicyclic) bond motifs is 1. The van der Waals surface area contributed by atoms with Gasteiger partial charge in [-0.05, 0) is 35.9 Å². The molecule has 1 aliphatic rings. The highest BCUT2D eigenvalue weighted by atomic mass is 16.5. The Labute approximate surface area is 164 Å². The van der Waals surface area contributed by atoms with Crippen LogP contribution in [0.5, 0.6) is 5.75 Å². The molecule has 1 amide bonds. The van der Waals surface area contributed by atoms with E-state index in [1.54, 1.807) is 25.6 Å². The van der Waals surface area contributed by atoms with Gasteiger partial charge in [-0.25, -0.2) is 9.97 Å². The first-order chi connectivity index (χ1) is 13.8. The number of nitrogens with one attached hydrogen (secondary N) is 1. The van der Waals surface area contributed by atoms with Crippen molar-refractivity contribution in [3.63, 3.8) is 0 Å². The first kappa shape index (κ1) is 18.2.